The van der Waals surface area contributed by atoms with Crippen LogP contribution in [0.25, 0.3) is 0 Å². The Labute approximate surface area is 93.1 Å². The van der Waals surface area contributed by atoms with Gasteiger partial charge in [-0.25, -0.2) is 4.39 Å². The molecule has 1 heterocycles. The molecule has 0 N–H and O–H groups in total. The number of hydrogen-bond donors (Lipinski definition) is 0. The zero-order chi connectivity index (χ0) is 11.5. The lowest BCUT2D eigenvalue weighted by Crippen LogP contribution is -2.24. The Morgan fingerprint density at radius 1 is 1.38 bits per heavy atom. The van der Waals surface area contributed by atoms with E-state index in [1.54, 1.807) is 7.11 Å². The summed E-state index contributed by atoms with van der Waals surface area (Å²) in [6.07, 6.45) is 1.03. The smallest absolute Gasteiger partial charge is 0.249 e. The van der Waals surface area contributed by atoms with Crippen molar-refractivity contribution in [2.45, 2.75) is 6.54 Å². The van der Waals surface area contributed by atoms with Crippen molar-refractivity contribution in [3.8, 4) is 5.75 Å². The van der Waals surface area contributed by atoms with Gasteiger partial charge in [0.15, 0.2) is 0 Å². The number of hydrogen-bond acceptors (Lipinski definition) is 2. The van der Waals surface area contributed by atoms with Crippen LogP contribution in [0.2, 0.25) is 0 Å². The topological polar surface area (TPSA) is 29.5 Å². The van der Waals surface area contributed by atoms with Crippen LogP contribution in [0, 0.1) is 0 Å². The predicted octanol–water partition coefficient (Wildman–Crippen LogP) is 1.89. The Bertz CT molecular complexity index is 425. The molecule has 1 aromatic rings. The second-order valence-corrected chi connectivity index (χ2v) is 3.63. The highest BCUT2D eigenvalue weighted by Crippen LogP contribution is 2.17. The molecule has 0 saturated heterocycles. The molecule has 1 aromatic carbocycles. The molecule has 3 nitrogen and oxygen atoms in total. The highest BCUT2D eigenvalue weighted by molar-refractivity contribution is 5.90. The molecule has 1 aliphatic heterocycles. The van der Waals surface area contributed by atoms with E-state index in [0.29, 0.717) is 6.54 Å². The monoisotopic (exact) mass is 221 g/mol. The first-order valence-electron chi connectivity index (χ1n) is 4.97. The summed E-state index contributed by atoms with van der Waals surface area (Å²) in [5.41, 5.74) is 0.956. The van der Waals surface area contributed by atoms with Crippen molar-refractivity contribution in [1.29, 1.82) is 0 Å². The van der Waals surface area contributed by atoms with Gasteiger partial charge in [-0.15, -0.1) is 0 Å². The van der Waals surface area contributed by atoms with Gasteiger partial charge in [-0.2, -0.15) is 0 Å². The first kappa shape index (κ1) is 10.7. The average Bonchev–Trinajstić information content (AvgIpc) is 2.59. The van der Waals surface area contributed by atoms with Crippen LogP contribution in [0.15, 0.2) is 36.2 Å². The third-order valence-corrected chi connectivity index (χ3v) is 2.47. The summed E-state index contributed by atoms with van der Waals surface area (Å²) in [6, 6.07) is 7.37. The van der Waals surface area contributed by atoms with E-state index >= 15 is 0 Å². The Hall–Kier alpha value is -1.84. The summed E-state index contributed by atoms with van der Waals surface area (Å²) in [7, 11) is 1.60. The SMILES string of the molecule is COc1ccc(CN2CC(F)=CC2=O)cc1. The Morgan fingerprint density at radius 3 is 2.56 bits per heavy atom. The highest BCUT2D eigenvalue weighted by atomic mass is 19.1. The van der Waals surface area contributed by atoms with E-state index in [0.717, 1.165) is 17.4 Å². The fourth-order valence-electron chi connectivity index (χ4n) is 1.62. The number of carbonyl (C=O) groups excluding carboxylic acids is 1. The Morgan fingerprint density at radius 2 is 2.06 bits per heavy atom. The molecule has 0 bridgehead atoms. The van der Waals surface area contributed by atoms with E-state index in [1.807, 2.05) is 24.3 Å². The highest BCUT2D eigenvalue weighted by Gasteiger charge is 2.21. The van der Waals surface area contributed by atoms with Crippen LogP contribution in [-0.4, -0.2) is 24.5 Å². The predicted molar refractivity (Wildman–Crippen MR) is 57.6 cm³/mol. The molecule has 0 saturated carbocycles. The van der Waals surface area contributed by atoms with E-state index in [1.165, 1.54) is 4.90 Å². The van der Waals surface area contributed by atoms with Gasteiger partial charge in [0.25, 0.3) is 0 Å². The van der Waals surface area contributed by atoms with Crippen LogP contribution in [-0.2, 0) is 11.3 Å². The third-order valence-electron chi connectivity index (χ3n) is 2.47. The van der Waals surface area contributed by atoms with Gasteiger partial charge >= 0.3 is 0 Å². The van der Waals surface area contributed by atoms with Crippen molar-refractivity contribution in [2.24, 2.45) is 0 Å². The molecule has 0 unspecified atom stereocenters. The molecule has 0 fully saturated rings. The standard InChI is InChI=1S/C12H12FNO2/c1-16-11-4-2-9(3-5-11)7-14-8-10(13)6-12(14)15/h2-6H,7-8H2,1H3. The van der Waals surface area contributed by atoms with Crippen molar-refractivity contribution < 1.29 is 13.9 Å². The first-order chi connectivity index (χ1) is 7.69. The second kappa shape index (κ2) is 4.35. The van der Waals surface area contributed by atoms with E-state index in [4.69, 9.17) is 4.74 Å². The minimum absolute atomic E-state index is 0.0743. The number of rotatable bonds is 3. The fraction of sp³-hybridized carbons (Fsp3) is 0.250. The normalized spacial score (nSPS) is 15.2. The number of ether oxygens (including phenoxy) is 1. The van der Waals surface area contributed by atoms with Gasteiger partial charge in [0.05, 0.1) is 13.7 Å². The van der Waals surface area contributed by atoms with Gasteiger partial charge in [-0.05, 0) is 17.7 Å². The van der Waals surface area contributed by atoms with Crippen LogP contribution < -0.4 is 4.74 Å². The number of nitrogens with zero attached hydrogens (tertiary/aromatic N) is 1. The lowest BCUT2D eigenvalue weighted by atomic mass is 10.2. The number of halogens is 1. The molecule has 16 heavy (non-hydrogen) atoms. The van der Waals surface area contributed by atoms with Crippen LogP contribution >= 0.6 is 0 Å². The van der Waals surface area contributed by atoms with Gasteiger partial charge in [-0.3, -0.25) is 4.79 Å². The number of carbonyl (C=O) groups is 1. The molecule has 1 aliphatic rings. The fourth-order valence-corrected chi connectivity index (χ4v) is 1.62. The van der Waals surface area contributed by atoms with Crippen molar-refractivity contribution in [2.75, 3.05) is 13.7 Å². The van der Waals surface area contributed by atoms with Crippen LogP contribution in [0.1, 0.15) is 5.56 Å². The van der Waals surface area contributed by atoms with Gasteiger partial charge in [0.2, 0.25) is 5.91 Å². The zero-order valence-corrected chi connectivity index (χ0v) is 8.94. The average molecular weight is 221 g/mol. The molecule has 84 valence electrons. The largest absolute Gasteiger partial charge is 0.497 e. The lowest BCUT2D eigenvalue weighted by molar-refractivity contribution is -0.125. The third kappa shape index (κ3) is 2.21. The van der Waals surface area contributed by atoms with Gasteiger partial charge < -0.3 is 9.64 Å². The minimum Gasteiger partial charge on any atom is -0.497 e. The molecular formula is C12H12FNO2. The van der Waals surface area contributed by atoms with Crippen molar-refractivity contribution in [3.63, 3.8) is 0 Å². The Balaban J connectivity index is 2.02. The van der Waals surface area contributed by atoms with Gasteiger partial charge in [0.1, 0.15) is 11.6 Å². The van der Waals surface area contributed by atoms with E-state index in [9.17, 15) is 9.18 Å². The van der Waals surface area contributed by atoms with E-state index in [2.05, 4.69) is 0 Å². The van der Waals surface area contributed by atoms with Crippen LogP contribution in [0.4, 0.5) is 4.39 Å². The van der Waals surface area contributed by atoms with Crippen molar-refractivity contribution >= 4 is 5.91 Å². The molecule has 0 atom stereocenters. The molecule has 4 heteroatoms. The quantitative estimate of drug-likeness (QED) is 0.780. The van der Waals surface area contributed by atoms with Gasteiger partial charge in [-0.1, -0.05) is 12.1 Å². The molecule has 0 radical (unpaired) electrons. The summed E-state index contributed by atoms with van der Waals surface area (Å²) in [6.45, 7) is 0.498. The maximum absolute atomic E-state index is 12.8. The molecule has 0 spiro atoms. The summed E-state index contributed by atoms with van der Waals surface area (Å²) in [4.78, 5) is 12.8. The summed E-state index contributed by atoms with van der Waals surface area (Å²) in [5, 5.41) is 0. The van der Waals surface area contributed by atoms with Crippen molar-refractivity contribution in [3.05, 3.63) is 41.7 Å². The summed E-state index contributed by atoms with van der Waals surface area (Å²) >= 11 is 0. The first-order valence-corrected chi connectivity index (χ1v) is 4.97. The van der Waals surface area contributed by atoms with E-state index < -0.39 is 0 Å². The maximum Gasteiger partial charge on any atom is 0.249 e. The molecule has 0 aliphatic carbocycles. The van der Waals surface area contributed by atoms with E-state index in [-0.39, 0.29) is 18.3 Å². The zero-order valence-electron chi connectivity index (χ0n) is 8.94. The van der Waals surface area contributed by atoms with Crippen LogP contribution in [0.3, 0.4) is 0 Å². The number of methoxy groups -OCH3 is 1. The molecule has 2 rings (SSSR count). The summed E-state index contributed by atoms with van der Waals surface area (Å²) < 4.78 is 17.9. The summed E-state index contributed by atoms with van der Waals surface area (Å²) in [5.74, 6) is 0.118. The molecule has 0 aromatic heterocycles. The van der Waals surface area contributed by atoms with Gasteiger partial charge in [0, 0.05) is 12.6 Å². The maximum atomic E-state index is 12.8. The molecular weight excluding hydrogens is 209 g/mol. The second-order valence-electron chi connectivity index (χ2n) is 3.63. The number of amides is 1. The molecule has 1 amide bonds. The van der Waals surface area contributed by atoms with Crippen LogP contribution in [0.5, 0.6) is 5.75 Å². The minimum atomic E-state index is -0.376. The van der Waals surface area contributed by atoms with Crippen molar-refractivity contribution in [1.82, 2.24) is 4.90 Å². The lowest BCUT2D eigenvalue weighted by Gasteiger charge is -2.15. The number of benzene rings is 1. The Kier molecular flexibility index (Phi) is 2.90.